The number of hydrogen-bond donors (Lipinski definition) is 3. The first-order valence-corrected chi connectivity index (χ1v) is 12.1. The van der Waals surface area contributed by atoms with Gasteiger partial charge >= 0.3 is 6.09 Å². The predicted molar refractivity (Wildman–Crippen MR) is 135 cm³/mol. The molecule has 1 fully saturated rings. The number of phenols is 1. The van der Waals surface area contributed by atoms with Gasteiger partial charge in [0, 0.05) is 12.1 Å². The number of carbonyl (C=O) groups is 3. The number of rotatable bonds is 7. The average molecular weight is 507 g/mol. The SMILES string of the molecule is COC(=O)N1C(=O)[C@@H]2[C@@H](CC(C)=C([C@H](O)CC/C(=C/c3cccc(O)c3)c3ccccn3)[C@@H]2CO)C1=O. The van der Waals surface area contributed by atoms with E-state index in [2.05, 4.69) is 9.72 Å². The minimum Gasteiger partial charge on any atom is -0.508 e. The van der Waals surface area contributed by atoms with E-state index in [-0.39, 0.29) is 18.6 Å². The first-order chi connectivity index (χ1) is 17.8. The lowest BCUT2D eigenvalue weighted by Gasteiger charge is -2.35. The lowest BCUT2D eigenvalue weighted by Crippen LogP contribution is -2.39. The number of phenolic OH excluding ortho intramolecular Hbond substituents is 1. The quantitative estimate of drug-likeness (QED) is 0.385. The van der Waals surface area contributed by atoms with Gasteiger partial charge in [0.1, 0.15) is 5.75 Å². The van der Waals surface area contributed by atoms with Gasteiger partial charge in [-0.05, 0) is 73.2 Å². The van der Waals surface area contributed by atoms with Crippen molar-refractivity contribution >= 4 is 29.6 Å². The summed E-state index contributed by atoms with van der Waals surface area (Å²) in [5, 5.41) is 31.4. The maximum absolute atomic E-state index is 13.0. The van der Waals surface area contributed by atoms with Crippen LogP contribution in [0.3, 0.4) is 0 Å². The Morgan fingerprint density at radius 2 is 2.00 bits per heavy atom. The molecular formula is C28H30N2O7. The number of aliphatic hydroxyl groups excluding tert-OH is 2. The zero-order chi connectivity index (χ0) is 26.7. The summed E-state index contributed by atoms with van der Waals surface area (Å²) in [5.74, 6) is -3.74. The first kappa shape index (κ1) is 26.2. The number of amides is 3. The van der Waals surface area contributed by atoms with Crippen LogP contribution in [0.2, 0.25) is 0 Å². The number of allylic oxidation sites excluding steroid dienone is 2. The van der Waals surface area contributed by atoms with Crippen molar-refractivity contribution in [2.75, 3.05) is 13.7 Å². The maximum atomic E-state index is 13.0. The fourth-order valence-corrected chi connectivity index (χ4v) is 5.48. The highest BCUT2D eigenvalue weighted by Crippen LogP contribution is 2.46. The van der Waals surface area contributed by atoms with E-state index in [4.69, 9.17) is 0 Å². The first-order valence-electron chi connectivity index (χ1n) is 12.1. The molecule has 0 unspecified atom stereocenters. The van der Waals surface area contributed by atoms with Crippen LogP contribution in [0, 0.1) is 17.8 Å². The van der Waals surface area contributed by atoms with Crippen molar-refractivity contribution in [3.05, 3.63) is 71.1 Å². The number of nitrogens with zero attached hydrogens (tertiary/aromatic N) is 2. The lowest BCUT2D eigenvalue weighted by atomic mass is 9.68. The van der Waals surface area contributed by atoms with Crippen molar-refractivity contribution in [1.29, 1.82) is 0 Å². The van der Waals surface area contributed by atoms with Crippen LogP contribution >= 0.6 is 0 Å². The molecule has 1 aliphatic carbocycles. The molecule has 2 aromatic rings. The minimum atomic E-state index is -1.04. The summed E-state index contributed by atoms with van der Waals surface area (Å²) >= 11 is 0. The zero-order valence-corrected chi connectivity index (χ0v) is 20.7. The molecule has 0 spiro atoms. The molecule has 1 aliphatic heterocycles. The predicted octanol–water partition coefficient (Wildman–Crippen LogP) is 3.17. The molecule has 2 aliphatic rings. The number of fused-ring (bicyclic) bond motifs is 1. The summed E-state index contributed by atoms with van der Waals surface area (Å²) in [6.07, 6.45) is 2.42. The number of carbonyl (C=O) groups excluding carboxylic acids is 3. The molecule has 194 valence electrons. The van der Waals surface area contributed by atoms with E-state index in [1.54, 1.807) is 37.4 Å². The number of aromatic nitrogens is 1. The van der Waals surface area contributed by atoms with Crippen molar-refractivity contribution < 1.29 is 34.4 Å². The van der Waals surface area contributed by atoms with Crippen LogP contribution in [0.1, 0.15) is 37.4 Å². The van der Waals surface area contributed by atoms with Crippen LogP contribution in [0.5, 0.6) is 5.75 Å². The van der Waals surface area contributed by atoms with E-state index in [9.17, 15) is 29.7 Å². The summed E-state index contributed by atoms with van der Waals surface area (Å²) < 4.78 is 4.61. The van der Waals surface area contributed by atoms with Crippen LogP contribution < -0.4 is 0 Å². The molecule has 1 aromatic carbocycles. The molecule has 9 heteroatoms. The zero-order valence-electron chi connectivity index (χ0n) is 20.7. The van der Waals surface area contributed by atoms with E-state index in [1.807, 2.05) is 24.3 Å². The van der Waals surface area contributed by atoms with Gasteiger partial charge in [0.2, 0.25) is 11.8 Å². The third-order valence-corrected chi connectivity index (χ3v) is 7.13. The van der Waals surface area contributed by atoms with Crippen molar-refractivity contribution in [2.24, 2.45) is 17.8 Å². The Morgan fingerprint density at radius 3 is 2.65 bits per heavy atom. The molecule has 4 rings (SSSR count). The highest BCUT2D eigenvalue weighted by Gasteiger charge is 2.56. The van der Waals surface area contributed by atoms with Crippen molar-refractivity contribution in [1.82, 2.24) is 9.88 Å². The summed E-state index contributed by atoms with van der Waals surface area (Å²) in [7, 11) is 1.09. The summed E-state index contributed by atoms with van der Waals surface area (Å²) in [4.78, 5) is 42.8. The number of aliphatic hydroxyl groups is 2. The number of methoxy groups -OCH3 is 1. The molecule has 3 amide bonds. The van der Waals surface area contributed by atoms with Crippen LogP contribution in [0.15, 0.2) is 59.8 Å². The van der Waals surface area contributed by atoms with Crippen molar-refractivity contribution in [2.45, 2.75) is 32.3 Å². The Morgan fingerprint density at radius 1 is 1.22 bits per heavy atom. The fourth-order valence-electron chi connectivity index (χ4n) is 5.48. The van der Waals surface area contributed by atoms with Gasteiger partial charge in [0.15, 0.2) is 0 Å². The molecule has 37 heavy (non-hydrogen) atoms. The monoisotopic (exact) mass is 506 g/mol. The van der Waals surface area contributed by atoms with E-state index >= 15 is 0 Å². The molecular weight excluding hydrogens is 476 g/mol. The van der Waals surface area contributed by atoms with Gasteiger partial charge in [0.25, 0.3) is 0 Å². The summed E-state index contributed by atoms with van der Waals surface area (Å²) in [6, 6.07) is 12.3. The van der Waals surface area contributed by atoms with E-state index in [1.165, 1.54) is 0 Å². The van der Waals surface area contributed by atoms with Crippen LogP contribution in [0.25, 0.3) is 11.6 Å². The number of imide groups is 3. The molecule has 1 saturated heterocycles. The second-order valence-electron chi connectivity index (χ2n) is 9.38. The maximum Gasteiger partial charge on any atom is 0.423 e. The van der Waals surface area contributed by atoms with Crippen LogP contribution in [-0.2, 0) is 14.3 Å². The number of hydrogen-bond acceptors (Lipinski definition) is 8. The lowest BCUT2D eigenvalue weighted by molar-refractivity contribution is -0.137. The highest BCUT2D eigenvalue weighted by molar-refractivity contribution is 6.16. The molecule has 3 N–H and O–H groups in total. The summed E-state index contributed by atoms with van der Waals surface area (Å²) in [5.41, 5.74) is 3.57. The fraction of sp³-hybridized carbons (Fsp3) is 0.357. The van der Waals surface area contributed by atoms with E-state index < -0.39 is 48.4 Å². The van der Waals surface area contributed by atoms with Gasteiger partial charge in [0.05, 0.1) is 37.4 Å². The summed E-state index contributed by atoms with van der Waals surface area (Å²) in [6.45, 7) is 1.32. The molecule has 2 heterocycles. The standard InChI is InChI=1S/C28H30N2O7/c1-16-12-20-25(27(35)30(26(20)34)28(36)37-2)21(15-31)24(16)23(33)10-9-18(22-8-3-4-11-29-22)13-17-6-5-7-19(32)14-17/h3-8,11,13-14,20-21,23,25,31-33H,9-10,12,15H2,1-2H3/b18-13-/t20-,21+,23-,25-/m1/s1. The normalized spacial score (nSPS) is 22.8. The largest absolute Gasteiger partial charge is 0.508 e. The Kier molecular flexibility index (Phi) is 7.85. The minimum absolute atomic E-state index is 0.134. The third kappa shape index (κ3) is 5.19. The Bertz CT molecular complexity index is 1250. The highest BCUT2D eigenvalue weighted by atomic mass is 16.5. The van der Waals surface area contributed by atoms with Gasteiger partial charge in [-0.15, -0.1) is 0 Å². The second kappa shape index (κ2) is 11.1. The molecule has 4 atom stereocenters. The van der Waals surface area contributed by atoms with Crippen molar-refractivity contribution in [3.8, 4) is 5.75 Å². The Balaban J connectivity index is 1.60. The second-order valence-corrected chi connectivity index (χ2v) is 9.38. The molecule has 0 bridgehead atoms. The van der Waals surface area contributed by atoms with E-state index in [0.717, 1.165) is 29.5 Å². The smallest absolute Gasteiger partial charge is 0.423 e. The topological polar surface area (TPSA) is 137 Å². The molecule has 0 saturated carbocycles. The number of likely N-dealkylation sites (tertiary alicyclic amines) is 1. The van der Waals surface area contributed by atoms with Gasteiger partial charge in [-0.3, -0.25) is 14.6 Å². The number of benzene rings is 1. The molecule has 9 nitrogen and oxygen atoms in total. The Hall–Kier alpha value is -3.82. The van der Waals surface area contributed by atoms with Crippen molar-refractivity contribution in [3.63, 3.8) is 0 Å². The van der Waals surface area contributed by atoms with Crippen LogP contribution in [-0.4, -0.2) is 62.9 Å². The third-order valence-electron chi connectivity index (χ3n) is 7.13. The van der Waals surface area contributed by atoms with Gasteiger partial charge in [-0.1, -0.05) is 23.8 Å². The number of aromatic hydroxyl groups is 1. The van der Waals surface area contributed by atoms with Gasteiger partial charge < -0.3 is 20.1 Å². The van der Waals surface area contributed by atoms with E-state index in [0.29, 0.717) is 16.9 Å². The molecule has 1 aromatic heterocycles. The average Bonchev–Trinajstić information content (AvgIpc) is 3.14. The molecule has 0 radical (unpaired) electrons. The van der Waals surface area contributed by atoms with Crippen LogP contribution in [0.4, 0.5) is 4.79 Å². The number of pyridine rings is 1. The number of ether oxygens (including phenoxy) is 1. The van der Waals surface area contributed by atoms with Gasteiger partial charge in [-0.25, -0.2) is 4.79 Å². The Labute approximate surface area is 214 Å². The van der Waals surface area contributed by atoms with Gasteiger partial charge in [-0.2, -0.15) is 4.90 Å².